The molecule has 0 bridgehead atoms. The number of fused-ring (bicyclic) bond motifs is 1. The van der Waals surface area contributed by atoms with Crippen molar-refractivity contribution in [2.45, 2.75) is 12.8 Å². The van der Waals surface area contributed by atoms with Gasteiger partial charge in [0.05, 0.1) is 16.7 Å². The zero-order chi connectivity index (χ0) is 17.4. The number of para-hydroxylation sites is 2. The Morgan fingerprint density at radius 1 is 1.08 bits per heavy atom. The Morgan fingerprint density at radius 3 is 2.72 bits per heavy atom. The van der Waals surface area contributed by atoms with Crippen molar-refractivity contribution < 1.29 is 8.78 Å². The van der Waals surface area contributed by atoms with Crippen LogP contribution < -0.4 is 5.69 Å². The number of halogens is 2. The molecule has 25 heavy (non-hydrogen) atoms. The number of aromatic nitrogens is 5. The van der Waals surface area contributed by atoms with Gasteiger partial charge in [0.15, 0.2) is 0 Å². The van der Waals surface area contributed by atoms with Crippen LogP contribution in [0, 0.1) is 11.6 Å². The van der Waals surface area contributed by atoms with Crippen molar-refractivity contribution in [2.24, 2.45) is 0 Å². The van der Waals surface area contributed by atoms with Gasteiger partial charge >= 0.3 is 5.69 Å². The largest absolute Gasteiger partial charge is 0.348 e. The van der Waals surface area contributed by atoms with Gasteiger partial charge in [-0.25, -0.2) is 28.2 Å². The zero-order valence-corrected chi connectivity index (χ0v) is 13.0. The molecule has 2 aromatic carbocycles. The van der Waals surface area contributed by atoms with Crippen LogP contribution in [0.15, 0.2) is 47.3 Å². The van der Waals surface area contributed by atoms with E-state index in [0.717, 1.165) is 33.6 Å². The van der Waals surface area contributed by atoms with Gasteiger partial charge in [-0.3, -0.25) is 0 Å². The maximum atomic E-state index is 14.0. The summed E-state index contributed by atoms with van der Waals surface area (Å²) in [6.07, 6.45) is 0.844. The van der Waals surface area contributed by atoms with Gasteiger partial charge in [0.25, 0.3) is 0 Å². The smallest absolute Gasteiger partial charge is 0.342 e. The summed E-state index contributed by atoms with van der Waals surface area (Å²) < 4.78 is 28.2. The molecule has 0 aliphatic rings. The number of aryl methyl sites for hydroxylation is 2. The zero-order valence-electron chi connectivity index (χ0n) is 13.0. The fourth-order valence-corrected chi connectivity index (χ4v) is 2.76. The van der Waals surface area contributed by atoms with Gasteiger partial charge in [0.1, 0.15) is 23.3 Å². The van der Waals surface area contributed by atoms with E-state index in [0.29, 0.717) is 18.7 Å². The van der Waals surface area contributed by atoms with Crippen molar-refractivity contribution in [3.8, 4) is 5.69 Å². The second-order valence-electron chi connectivity index (χ2n) is 5.58. The summed E-state index contributed by atoms with van der Waals surface area (Å²) in [5.74, 6) is -0.450. The molecule has 0 unspecified atom stereocenters. The molecule has 4 rings (SSSR count). The molecule has 6 nitrogen and oxygen atoms in total. The first-order valence-electron chi connectivity index (χ1n) is 7.67. The second-order valence-corrected chi connectivity index (χ2v) is 5.58. The molecule has 0 aliphatic carbocycles. The minimum atomic E-state index is -0.825. The number of benzene rings is 2. The predicted octanol–water partition coefficient (Wildman–Crippen LogP) is 2.50. The molecule has 2 heterocycles. The average molecular weight is 341 g/mol. The summed E-state index contributed by atoms with van der Waals surface area (Å²) in [7, 11) is 0. The molecular weight excluding hydrogens is 328 g/mol. The third-order valence-electron chi connectivity index (χ3n) is 3.92. The van der Waals surface area contributed by atoms with Crippen LogP contribution in [0.1, 0.15) is 11.6 Å². The number of nitrogens with one attached hydrogen (secondary N) is 2. The summed E-state index contributed by atoms with van der Waals surface area (Å²) in [6.45, 7) is 0. The van der Waals surface area contributed by atoms with E-state index in [2.05, 4.69) is 20.2 Å². The molecule has 0 fully saturated rings. The van der Waals surface area contributed by atoms with Gasteiger partial charge < -0.3 is 4.98 Å². The fraction of sp³-hybridized carbons (Fsp3) is 0.118. The van der Waals surface area contributed by atoms with E-state index in [1.807, 2.05) is 24.3 Å². The topological polar surface area (TPSA) is 79.4 Å². The van der Waals surface area contributed by atoms with E-state index >= 15 is 0 Å². The van der Waals surface area contributed by atoms with E-state index < -0.39 is 17.3 Å². The molecule has 2 aromatic heterocycles. The standard InChI is InChI=1S/C17H13F2N5O/c18-10-5-6-14(11(19)9-10)24-16(22-23-17(24)25)8-7-15-20-12-3-1-2-4-13(12)21-15/h1-6,9H,7-8H2,(H,20,21)(H,23,25). The highest BCUT2D eigenvalue weighted by Crippen LogP contribution is 2.16. The van der Waals surface area contributed by atoms with Crippen molar-refractivity contribution in [2.75, 3.05) is 0 Å². The Morgan fingerprint density at radius 2 is 1.92 bits per heavy atom. The lowest BCUT2D eigenvalue weighted by molar-refractivity contribution is 0.574. The van der Waals surface area contributed by atoms with Gasteiger partial charge in [-0.1, -0.05) is 12.1 Å². The SMILES string of the molecule is O=c1[nH]nc(CCc2nc3ccccc3[nH]2)n1-c1ccc(F)cc1F. The third kappa shape index (κ3) is 2.82. The first-order chi connectivity index (χ1) is 12.1. The number of aromatic amines is 2. The molecule has 2 N–H and O–H groups in total. The maximum Gasteiger partial charge on any atom is 0.348 e. The Kier molecular flexibility index (Phi) is 3.64. The molecule has 126 valence electrons. The summed E-state index contributed by atoms with van der Waals surface area (Å²) in [5.41, 5.74) is 1.15. The average Bonchev–Trinajstić information content (AvgIpc) is 3.16. The molecular formula is C17H13F2N5O. The molecule has 0 saturated heterocycles. The predicted molar refractivity (Wildman–Crippen MR) is 87.6 cm³/mol. The van der Waals surface area contributed by atoms with E-state index in [4.69, 9.17) is 0 Å². The quantitative estimate of drug-likeness (QED) is 0.598. The second kappa shape index (κ2) is 5.97. The third-order valence-corrected chi connectivity index (χ3v) is 3.92. The van der Waals surface area contributed by atoms with Gasteiger partial charge in [-0.15, -0.1) is 0 Å². The molecule has 0 amide bonds. The Balaban J connectivity index is 1.64. The van der Waals surface area contributed by atoms with Crippen LogP contribution in [0.3, 0.4) is 0 Å². The lowest BCUT2D eigenvalue weighted by Gasteiger charge is -2.06. The van der Waals surface area contributed by atoms with Gasteiger partial charge in [-0.2, -0.15) is 5.10 Å². The van der Waals surface area contributed by atoms with Crippen LogP contribution in [0.25, 0.3) is 16.7 Å². The normalized spacial score (nSPS) is 11.3. The van der Waals surface area contributed by atoms with Gasteiger partial charge in [0.2, 0.25) is 0 Å². The Hall–Kier alpha value is -3.29. The van der Waals surface area contributed by atoms with E-state index in [-0.39, 0.29) is 5.69 Å². The molecule has 0 aliphatic heterocycles. The fourth-order valence-electron chi connectivity index (χ4n) is 2.76. The number of imidazole rings is 1. The van der Waals surface area contributed by atoms with Crippen LogP contribution in [0.4, 0.5) is 8.78 Å². The molecule has 0 spiro atoms. The maximum absolute atomic E-state index is 14.0. The highest BCUT2D eigenvalue weighted by Gasteiger charge is 2.15. The summed E-state index contributed by atoms with van der Waals surface area (Å²) >= 11 is 0. The number of hydrogen-bond acceptors (Lipinski definition) is 3. The monoisotopic (exact) mass is 341 g/mol. The number of H-pyrrole nitrogens is 2. The van der Waals surface area contributed by atoms with Gasteiger partial charge in [0, 0.05) is 18.9 Å². The Bertz CT molecular complexity index is 1080. The van der Waals surface area contributed by atoms with Crippen molar-refractivity contribution in [1.82, 2.24) is 24.7 Å². The summed E-state index contributed by atoms with van der Waals surface area (Å²) in [5, 5.41) is 6.25. The molecule has 4 aromatic rings. The van der Waals surface area contributed by atoms with E-state index in [1.165, 1.54) is 6.07 Å². The van der Waals surface area contributed by atoms with E-state index in [1.54, 1.807) is 0 Å². The first-order valence-corrected chi connectivity index (χ1v) is 7.67. The number of rotatable bonds is 4. The lowest BCUT2D eigenvalue weighted by Crippen LogP contribution is -2.18. The van der Waals surface area contributed by atoms with Crippen LogP contribution in [-0.2, 0) is 12.8 Å². The molecule has 0 radical (unpaired) electrons. The first kappa shape index (κ1) is 15.3. The number of hydrogen-bond donors (Lipinski definition) is 2. The van der Waals surface area contributed by atoms with Crippen LogP contribution in [0.5, 0.6) is 0 Å². The van der Waals surface area contributed by atoms with Crippen molar-refractivity contribution in [1.29, 1.82) is 0 Å². The van der Waals surface area contributed by atoms with Crippen molar-refractivity contribution >= 4 is 11.0 Å². The highest BCUT2D eigenvalue weighted by atomic mass is 19.1. The number of nitrogens with zero attached hydrogens (tertiary/aromatic N) is 3. The minimum Gasteiger partial charge on any atom is -0.342 e. The molecule has 0 atom stereocenters. The molecule has 0 saturated carbocycles. The van der Waals surface area contributed by atoms with Gasteiger partial charge in [-0.05, 0) is 24.3 Å². The van der Waals surface area contributed by atoms with E-state index in [9.17, 15) is 13.6 Å². The lowest BCUT2D eigenvalue weighted by atomic mass is 10.2. The minimum absolute atomic E-state index is 0.0419. The summed E-state index contributed by atoms with van der Waals surface area (Å²) in [6, 6.07) is 10.7. The van der Waals surface area contributed by atoms with Crippen LogP contribution >= 0.6 is 0 Å². The van der Waals surface area contributed by atoms with Crippen LogP contribution in [-0.4, -0.2) is 24.7 Å². The summed E-state index contributed by atoms with van der Waals surface area (Å²) in [4.78, 5) is 19.6. The molecule has 8 heteroatoms. The van der Waals surface area contributed by atoms with Crippen molar-refractivity contribution in [3.05, 3.63) is 76.2 Å². The Labute approximate surface area is 140 Å². The van der Waals surface area contributed by atoms with Crippen molar-refractivity contribution in [3.63, 3.8) is 0 Å². The van der Waals surface area contributed by atoms with Crippen LogP contribution in [0.2, 0.25) is 0 Å². The highest BCUT2D eigenvalue weighted by molar-refractivity contribution is 5.74.